The Bertz CT molecular complexity index is 1480. The van der Waals surface area contributed by atoms with Gasteiger partial charge in [0.15, 0.2) is 11.4 Å². The molecule has 13 heteroatoms. The molecule has 2 aliphatic heterocycles. The van der Waals surface area contributed by atoms with Gasteiger partial charge >= 0.3 is 6.18 Å². The number of amides is 2. The largest absolute Gasteiger partial charge is 0.488 e. The number of carbonyl (C=O) groups is 2. The summed E-state index contributed by atoms with van der Waals surface area (Å²) in [5.41, 5.74) is 0.855. The van der Waals surface area contributed by atoms with Crippen LogP contribution in [0.25, 0.3) is 11.3 Å². The fourth-order valence-electron chi connectivity index (χ4n) is 5.93. The van der Waals surface area contributed by atoms with E-state index in [2.05, 4.69) is 20.6 Å². The van der Waals surface area contributed by atoms with E-state index in [0.29, 0.717) is 73.3 Å². The Hall–Kier alpha value is -3.71. The number of hydrogen-bond donors (Lipinski definition) is 2. The molecule has 1 unspecified atom stereocenters. The maximum Gasteiger partial charge on any atom is 0.426 e. The minimum Gasteiger partial charge on any atom is -0.488 e. The van der Waals surface area contributed by atoms with Gasteiger partial charge in [0.25, 0.3) is 11.8 Å². The molecule has 222 valence electrons. The number of ether oxygens (including phenoxy) is 2. The van der Waals surface area contributed by atoms with E-state index in [-0.39, 0.29) is 34.7 Å². The number of nitrogens with one attached hydrogen (secondary N) is 2. The number of thiophene rings is 1. The second-order valence-electron chi connectivity index (χ2n) is 11.0. The number of carbonyl (C=O) groups excluding carboxylic acids is 2. The van der Waals surface area contributed by atoms with Gasteiger partial charge in [-0.2, -0.15) is 13.2 Å². The minimum absolute atomic E-state index is 0.0141. The summed E-state index contributed by atoms with van der Waals surface area (Å²) >= 11 is 0.529. The SMILES string of the molecule is CCOc1ncccc1-c1ccc(OC2CC3(C2)CN(C(=O)c2ccsc2C(F)(F)F)C3)c(C(=O)NC2CCNC2)n1. The van der Waals surface area contributed by atoms with Crippen LogP contribution in [-0.2, 0) is 6.18 Å². The predicted molar refractivity (Wildman–Crippen MR) is 149 cm³/mol. The Balaban J connectivity index is 1.15. The van der Waals surface area contributed by atoms with E-state index >= 15 is 0 Å². The van der Waals surface area contributed by atoms with E-state index in [1.165, 1.54) is 16.3 Å². The average Bonchev–Trinajstić information content (AvgIpc) is 3.62. The second-order valence-corrected chi connectivity index (χ2v) is 11.9. The van der Waals surface area contributed by atoms with E-state index in [0.717, 1.165) is 13.0 Å². The van der Waals surface area contributed by atoms with Crippen LogP contribution in [0.4, 0.5) is 13.2 Å². The highest BCUT2D eigenvalue weighted by Crippen LogP contribution is 2.51. The fraction of sp³-hybridized carbons (Fsp3) is 0.448. The van der Waals surface area contributed by atoms with Crippen molar-refractivity contribution in [3.8, 4) is 22.9 Å². The van der Waals surface area contributed by atoms with Crippen molar-refractivity contribution < 1.29 is 32.2 Å². The molecular weight excluding hydrogens is 571 g/mol. The van der Waals surface area contributed by atoms with Gasteiger partial charge in [0, 0.05) is 37.3 Å². The zero-order valence-electron chi connectivity index (χ0n) is 22.9. The summed E-state index contributed by atoms with van der Waals surface area (Å²) in [7, 11) is 0. The van der Waals surface area contributed by atoms with Crippen LogP contribution < -0.4 is 20.1 Å². The Morgan fingerprint density at radius 1 is 1.21 bits per heavy atom. The lowest BCUT2D eigenvalue weighted by Gasteiger charge is -2.58. The van der Waals surface area contributed by atoms with Gasteiger partial charge in [0.2, 0.25) is 5.88 Å². The van der Waals surface area contributed by atoms with Gasteiger partial charge in [-0.25, -0.2) is 9.97 Å². The molecule has 42 heavy (non-hydrogen) atoms. The number of nitrogens with zero attached hydrogens (tertiary/aromatic N) is 3. The van der Waals surface area contributed by atoms with Gasteiger partial charge in [-0.05, 0) is 68.4 Å². The van der Waals surface area contributed by atoms with Crippen LogP contribution in [0.15, 0.2) is 41.9 Å². The van der Waals surface area contributed by atoms with Crippen LogP contribution >= 0.6 is 11.3 Å². The summed E-state index contributed by atoms with van der Waals surface area (Å²) in [5.74, 6) is -0.166. The fourth-order valence-corrected chi connectivity index (χ4v) is 6.68. The van der Waals surface area contributed by atoms with Crippen molar-refractivity contribution in [3.63, 3.8) is 0 Å². The molecule has 3 aromatic heterocycles. The second kappa shape index (κ2) is 11.2. The Kier molecular flexibility index (Phi) is 7.56. The molecule has 3 aromatic rings. The number of aromatic nitrogens is 2. The Morgan fingerprint density at radius 2 is 2.02 bits per heavy atom. The molecular formula is C29H30F3N5O4S. The maximum absolute atomic E-state index is 13.4. The number of halogens is 3. The third-order valence-electron chi connectivity index (χ3n) is 7.90. The van der Waals surface area contributed by atoms with Crippen LogP contribution in [0.3, 0.4) is 0 Å². The lowest BCUT2D eigenvalue weighted by molar-refractivity contribution is -0.135. The molecule has 2 amide bonds. The molecule has 3 aliphatic rings. The minimum atomic E-state index is -4.55. The van der Waals surface area contributed by atoms with Crippen molar-refractivity contribution in [3.05, 3.63) is 58.0 Å². The quantitative estimate of drug-likeness (QED) is 0.395. The van der Waals surface area contributed by atoms with Crippen LogP contribution in [-0.4, -0.2) is 71.6 Å². The molecule has 0 bridgehead atoms. The summed E-state index contributed by atoms with van der Waals surface area (Å²) in [6.45, 7) is 4.54. The summed E-state index contributed by atoms with van der Waals surface area (Å²) < 4.78 is 51.7. The predicted octanol–water partition coefficient (Wildman–Crippen LogP) is 4.40. The average molecular weight is 602 g/mol. The van der Waals surface area contributed by atoms with E-state index in [9.17, 15) is 22.8 Å². The van der Waals surface area contributed by atoms with Crippen molar-refractivity contribution >= 4 is 23.2 Å². The smallest absolute Gasteiger partial charge is 0.426 e. The number of likely N-dealkylation sites (tertiary alicyclic amines) is 1. The Morgan fingerprint density at radius 3 is 2.74 bits per heavy atom. The van der Waals surface area contributed by atoms with Crippen LogP contribution in [0.1, 0.15) is 51.9 Å². The van der Waals surface area contributed by atoms with Gasteiger partial charge in [-0.3, -0.25) is 9.59 Å². The number of rotatable bonds is 8. The maximum atomic E-state index is 13.4. The first-order valence-electron chi connectivity index (χ1n) is 13.9. The monoisotopic (exact) mass is 601 g/mol. The number of hydrogen-bond acceptors (Lipinski definition) is 8. The van der Waals surface area contributed by atoms with E-state index in [1.807, 2.05) is 13.0 Å². The summed E-state index contributed by atoms with van der Waals surface area (Å²) in [5, 5.41) is 7.56. The lowest BCUT2D eigenvalue weighted by Crippen LogP contribution is -2.65. The van der Waals surface area contributed by atoms with Gasteiger partial charge in [0.1, 0.15) is 11.0 Å². The number of alkyl halides is 3. The Labute approximate surface area is 244 Å². The highest BCUT2D eigenvalue weighted by Gasteiger charge is 2.55. The molecule has 0 radical (unpaired) electrons. The molecule has 3 fully saturated rings. The molecule has 2 N–H and O–H groups in total. The molecule has 1 saturated carbocycles. The van der Waals surface area contributed by atoms with Crippen molar-refractivity contribution in [2.75, 3.05) is 32.8 Å². The molecule has 1 atom stereocenters. The lowest BCUT2D eigenvalue weighted by atomic mass is 9.61. The first-order valence-corrected chi connectivity index (χ1v) is 14.8. The standard InChI is InChI=1S/C29H30F3N5O4S/c1-2-40-26-19(4-3-9-34-26)21-5-6-22(23(36-21)25(38)35-17-7-10-33-14-17)41-18-12-28(13-18)15-37(16-28)27(39)20-8-11-42-24(20)29(30,31)32/h3-6,8-9,11,17-18,33H,2,7,10,12-16H2,1H3,(H,35,38). The van der Waals surface area contributed by atoms with Gasteiger partial charge < -0.3 is 25.0 Å². The molecule has 2 saturated heterocycles. The van der Waals surface area contributed by atoms with Gasteiger partial charge in [-0.15, -0.1) is 11.3 Å². The zero-order valence-corrected chi connectivity index (χ0v) is 23.7. The first-order chi connectivity index (χ1) is 20.2. The third kappa shape index (κ3) is 5.54. The highest BCUT2D eigenvalue weighted by molar-refractivity contribution is 7.10. The topological polar surface area (TPSA) is 106 Å². The van der Waals surface area contributed by atoms with Crippen molar-refractivity contribution in [1.82, 2.24) is 25.5 Å². The van der Waals surface area contributed by atoms with Gasteiger partial charge in [0.05, 0.1) is 23.4 Å². The summed E-state index contributed by atoms with van der Waals surface area (Å²) in [6.07, 6.45) is -1.07. The molecule has 1 spiro atoms. The van der Waals surface area contributed by atoms with Crippen LogP contribution in [0.2, 0.25) is 0 Å². The van der Waals surface area contributed by atoms with Crippen molar-refractivity contribution in [2.24, 2.45) is 5.41 Å². The summed E-state index contributed by atoms with van der Waals surface area (Å²) in [4.78, 5) is 35.7. The molecule has 9 nitrogen and oxygen atoms in total. The van der Waals surface area contributed by atoms with Crippen LogP contribution in [0.5, 0.6) is 11.6 Å². The molecule has 6 rings (SSSR count). The normalized spacial score (nSPS) is 19.7. The van der Waals surface area contributed by atoms with E-state index in [4.69, 9.17) is 9.47 Å². The molecule has 1 aliphatic carbocycles. The molecule has 5 heterocycles. The third-order valence-corrected chi connectivity index (χ3v) is 8.86. The summed E-state index contributed by atoms with van der Waals surface area (Å²) in [6, 6.07) is 8.32. The highest BCUT2D eigenvalue weighted by atomic mass is 32.1. The van der Waals surface area contributed by atoms with Crippen LogP contribution in [0, 0.1) is 5.41 Å². The van der Waals surface area contributed by atoms with Crippen molar-refractivity contribution in [2.45, 2.75) is 44.5 Å². The number of pyridine rings is 2. The van der Waals surface area contributed by atoms with E-state index < -0.39 is 17.0 Å². The zero-order chi connectivity index (χ0) is 29.5. The van der Waals surface area contributed by atoms with Crippen molar-refractivity contribution in [1.29, 1.82) is 0 Å². The van der Waals surface area contributed by atoms with Gasteiger partial charge in [-0.1, -0.05) is 0 Å². The van der Waals surface area contributed by atoms with E-state index in [1.54, 1.807) is 24.4 Å². The molecule has 0 aromatic carbocycles. The first kappa shape index (κ1) is 28.4.